The molecule has 1 atom stereocenters. The second-order valence-electron chi connectivity index (χ2n) is 10.5. The molecule has 2 fully saturated rings. The normalized spacial score (nSPS) is 17.5. The molecule has 3 amide bonds. The van der Waals surface area contributed by atoms with Crippen molar-refractivity contribution in [2.24, 2.45) is 5.92 Å². The Morgan fingerprint density at radius 2 is 1.59 bits per heavy atom. The molecule has 0 aromatic heterocycles. The van der Waals surface area contributed by atoms with Crippen LogP contribution in [0.25, 0.3) is 0 Å². The van der Waals surface area contributed by atoms with Crippen LogP contribution in [-0.4, -0.2) is 42.0 Å². The first-order valence-corrected chi connectivity index (χ1v) is 13.8. The number of benzene rings is 3. The molecule has 0 unspecified atom stereocenters. The summed E-state index contributed by atoms with van der Waals surface area (Å²) < 4.78 is 5.42. The zero-order valence-corrected chi connectivity index (χ0v) is 22.1. The number of amides is 3. The van der Waals surface area contributed by atoms with E-state index < -0.39 is 6.09 Å². The van der Waals surface area contributed by atoms with Crippen LogP contribution in [0.4, 0.5) is 10.5 Å². The number of hydrogen-bond donors (Lipinski definition) is 2. The molecule has 2 aliphatic rings. The number of nitrogens with one attached hydrogen (secondary N) is 2. The Morgan fingerprint density at radius 3 is 2.33 bits per heavy atom. The molecule has 39 heavy (non-hydrogen) atoms. The summed E-state index contributed by atoms with van der Waals surface area (Å²) in [6.45, 7) is 1.14. The van der Waals surface area contributed by atoms with Gasteiger partial charge in [0.15, 0.2) is 0 Å². The summed E-state index contributed by atoms with van der Waals surface area (Å²) in [6.07, 6.45) is 6.21. The third kappa shape index (κ3) is 6.85. The first kappa shape index (κ1) is 26.5. The Bertz CT molecular complexity index is 1290. The molecule has 1 saturated carbocycles. The van der Waals surface area contributed by atoms with E-state index in [0.29, 0.717) is 47.9 Å². The van der Waals surface area contributed by atoms with E-state index in [2.05, 4.69) is 10.6 Å². The molecule has 3 aromatic rings. The number of cyclic esters (lactones) is 1. The first-order valence-electron chi connectivity index (χ1n) is 13.8. The molecular formula is C32H35N3O4. The van der Waals surface area contributed by atoms with Gasteiger partial charge in [-0.05, 0) is 66.6 Å². The summed E-state index contributed by atoms with van der Waals surface area (Å²) in [6, 6.07) is 24.1. The fourth-order valence-electron chi connectivity index (χ4n) is 5.46. The summed E-state index contributed by atoms with van der Waals surface area (Å²) in [5.41, 5.74) is 3.38. The Morgan fingerprint density at radius 1 is 0.872 bits per heavy atom. The maximum atomic E-state index is 13.4. The van der Waals surface area contributed by atoms with Gasteiger partial charge < -0.3 is 15.4 Å². The zero-order valence-electron chi connectivity index (χ0n) is 22.1. The minimum Gasteiger partial charge on any atom is -0.447 e. The number of carbonyl (C=O) groups is 3. The Labute approximate surface area is 229 Å². The van der Waals surface area contributed by atoms with Gasteiger partial charge in [-0.3, -0.25) is 14.5 Å². The smallest absolute Gasteiger partial charge is 0.410 e. The van der Waals surface area contributed by atoms with Gasteiger partial charge in [0.2, 0.25) is 0 Å². The number of ether oxygens (including phenoxy) is 1. The molecule has 202 valence electrons. The molecule has 1 aliphatic heterocycles. The highest BCUT2D eigenvalue weighted by atomic mass is 16.6. The van der Waals surface area contributed by atoms with Crippen LogP contribution in [0, 0.1) is 5.92 Å². The van der Waals surface area contributed by atoms with Crippen molar-refractivity contribution in [2.75, 3.05) is 18.5 Å². The van der Waals surface area contributed by atoms with E-state index in [1.54, 1.807) is 35.2 Å². The first-order chi connectivity index (χ1) is 19.1. The van der Waals surface area contributed by atoms with Crippen molar-refractivity contribution in [2.45, 2.75) is 51.1 Å². The Hall–Kier alpha value is -4.13. The highest BCUT2D eigenvalue weighted by Crippen LogP contribution is 2.26. The molecule has 1 heterocycles. The number of rotatable bonds is 9. The van der Waals surface area contributed by atoms with Gasteiger partial charge in [-0.25, -0.2) is 4.79 Å². The standard InChI is InChI=1S/C32H35N3O4/c36-30(25-14-8-3-9-15-25)34-27-16-17-29(31(37)33-20-24-12-6-2-7-13-24)26(19-27)21-35-28(22-39-32(35)38)18-23-10-4-1-5-11-23/h1,3-5,8-11,14-17,19,24,28H,2,6-7,12-13,18,20-22H2,(H,33,37)(H,34,36)/t28-/m1/s1. The van der Waals surface area contributed by atoms with Gasteiger partial charge in [0.25, 0.3) is 11.8 Å². The van der Waals surface area contributed by atoms with Crippen LogP contribution in [0.5, 0.6) is 0 Å². The van der Waals surface area contributed by atoms with Crippen LogP contribution in [0.2, 0.25) is 0 Å². The van der Waals surface area contributed by atoms with Crippen LogP contribution < -0.4 is 10.6 Å². The second-order valence-corrected chi connectivity index (χ2v) is 10.5. The average molecular weight is 526 g/mol. The van der Waals surface area contributed by atoms with E-state index in [1.807, 2.05) is 48.5 Å². The van der Waals surface area contributed by atoms with E-state index in [0.717, 1.165) is 18.4 Å². The van der Waals surface area contributed by atoms with Crippen molar-refractivity contribution < 1.29 is 19.1 Å². The third-order valence-corrected chi connectivity index (χ3v) is 7.65. The lowest BCUT2D eigenvalue weighted by Crippen LogP contribution is -2.36. The van der Waals surface area contributed by atoms with Crippen LogP contribution in [0.3, 0.4) is 0 Å². The zero-order chi connectivity index (χ0) is 27.0. The number of anilines is 1. The fourth-order valence-corrected chi connectivity index (χ4v) is 5.46. The van der Waals surface area contributed by atoms with E-state index in [-0.39, 0.29) is 24.4 Å². The monoisotopic (exact) mass is 525 g/mol. The van der Waals surface area contributed by atoms with Crippen molar-refractivity contribution in [1.82, 2.24) is 10.2 Å². The van der Waals surface area contributed by atoms with E-state index in [4.69, 9.17) is 4.74 Å². The Kier molecular flexibility index (Phi) is 8.56. The van der Waals surface area contributed by atoms with E-state index in [9.17, 15) is 14.4 Å². The van der Waals surface area contributed by atoms with Crippen molar-refractivity contribution in [3.8, 4) is 0 Å². The molecule has 5 rings (SSSR count). The van der Waals surface area contributed by atoms with Crippen molar-refractivity contribution in [3.05, 3.63) is 101 Å². The van der Waals surface area contributed by atoms with Crippen LogP contribution in [0.1, 0.15) is 63.9 Å². The van der Waals surface area contributed by atoms with E-state index >= 15 is 0 Å². The minimum absolute atomic E-state index is 0.152. The van der Waals surface area contributed by atoms with Crippen LogP contribution >= 0.6 is 0 Å². The predicted octanol–water partition coefficient (Wildman–Crippen LogP) is 5.81. The highest BCUT2D eigenvalue weighted by molar-refractivity contribution is 6.04. The summed E-state index contributed by atoms with van der Waals surface area (Å²) in [5, 5.41) is 6.05. The number of nitrogens with zero attached hydrogens (tertiary/aromatic N) is 1. The summed E-state index contributed by atoms with van der Waals surface area (Å²) in [5.74, 6) is 0.0988. The SMILES string of the molecule is O=C(Nc1ccc(C(=O)NCC2CCCCC2)c(CN2C(=O)OC[C@H]2Cc2ccccc2)c1)c1ccccc1. The molecule has 0 spiro atoms. The minimum atomic E-state index is -0.400. The van der Waals surface area contributed by atoms with E-state index in [1.165, 1.54) is 19.3 Å². The average Bonchev–Trinajstić information content (AvgIpc) is 3.31. The lowest BCUT2D eigenvalue weighted by Gasteiger charge is -2.24. The number of hydrogen-bond acceptors (Lipinski definition) is 4. The molecule has 7 heteroatoms. The number of carbonyl (C=O) groups excluding carboxylic acids is 3. The van der Waals surface area contributed by atoms with Crippen molar-refractivity contribution in [3.63, 3.8) is 0 Å². The van der Waals surface area contributed by atoms with Crippen molar-refractivity contribution >= 4 is 23.6 Å². The molecule has 0 radical (unpaired) electrons. The molecule has 0 bridgehead atoms. The second kappa shape index (κ2) is 12.6. The van der Waals surface area contributed by atoms with Gasteiger partial charge in [-0.15, -0.1) is 0 Å². The largest absolute Gasteiger partial charge is 0.447 e. The molecular weight excluding hydrogens is 490 g/mol. The van der Waals surface area contributed by atoms with Crippen LogP contribution in [-0.2, 0) is 17.7 Å². The van der Waals surface area contributed by atoms with Gasteiger partial charge in [0.1, 0.15) is 6.61 Å². The summed E-state index contributed by atoms with van der Waals surface area (Å²) in [7, 11) is 0. The highest BCUT2D eigenvalue weighted by Gasteiger charge is 2.34. The summed E-state index contributed by atoms with van der Waals surface area (Å²) >= 11 is 0. The fraction of sp³-hybridized carbons (Fsp3) is 0.344. The van der Waals surface area contributed by atoms with Gasteiger partial charge in [-0.2, -0.15) is 0 Å². The maximum absolute atomic E-state index is 13.4. The van der Waals surface area contributed by atoms with Gasteiger partial charge in [-0.1, -0.05) is 67.8 Å². The van der Waals surface area contributed by atoms with Crippen molar-refractivity contribution in [1.29, 1.82) is 0 Å². The summed E-state index contributed by atoms with van der Waals surface area (Å²) in [4.78, 5) is 40.6. The predicted molar refractivity (Wildman–Crippen MR) is 151 cm³/mol. The lowest BCUT2D eigenvalue weighted by molar-refractivity contribution is 0.0940. The molecule has 1 saturated heterocycles. The van der Waals surface area contributed by atoms with Gasteiger partial charge >= 0.3 is 6.09 Å². The topological polar surface area (TPSA) is 87.7 Å². The molecule has 7 nitrogen and oxygen atoms in total. The van der Waals surface area contributed by atoms with Gasteiger partial charge in [0, 0.05) is 23.4 Å². The molecule has 2 N–H and O–H groups in total. The quantitative estimate of drug-likeness (QED) is 0.369. The lowest BCUT2D eigenvalue weighted by atomic mass is 9.89. The molecule has 1 aliphatic carbocycles. The van der Waals surface area contributed by atoms with Gasteiger partial charge in [0.05, 0.1) is 12.6 Å². The maximum Gasteiger partial charge on any atom is 0.410 e. The molecule has 3 aromatic carbocycles. The van der Waals surface area contributed by atoms with Crippen LogP contribution in [0.15, 0.2) is 78.9 Å². The third-order valence-electron chi connectivity index (χ3n) is 7.65. The Balaban J connectivity index is 1.37.